The average Bonchev–Trinajstić information content (AvgIpc) is 2.95. The number of nitrogens with zero attached hydrogens (tertiary/aromatic N) is 3. The highest BCUT2D eigenvalue weighted by atomic mass is 16.5. The van der Waals surface area contributed by atoms with Gasteiger partial charge >= 0.3 is 0 Å². The fourth-order valence-electron chi connectivity index (χ4n) is 5.19. The molecule has 2 aliphatic heterocycles. The van der Waals surface area contributed by atoms with Gasteiger partial charge in [-0.1, -0.05) is 60.7 Å². The molecule has 0 unspecified atom stereocenters. The normalized spacial score (nSPS) is 17.3. The van der Waals surface area contributed by atoms with Gasteiger partial charge in [0.05, 0.1) is 19.3 Å². The number of carbonyl (C=O) groups is 1. The zero-order chi connectivity index (χ0) is 24.6. The van der Waals surface area contributed by atoms with E-state index < -0.39 is 0 Å². The molecule has 2 heterocycles. The Bertz CT molecular complexity index is 1040. The van der Waals surface area contributed by atoms with Crippen molar-refractivity contribution in [3.05, 3.63) is 96.1 Å². The Morgan fingerprint density at radius 3 is 1.92 bits per heavy atom. The molecule has 6 nitrogen and oxygen atoms in total. The lowest BCUT2D eigenvalue weighted by Crippen LogP contribution is -2.48. The van der Waals surface area contributed by atoms with Crippen LogP contribution in [0, 0.1) is 0 Å². The molecule has 0 bridgehead atoms. The van der Waals surface area contributed by atoms with Crippen molar-refractivity contribution in [1.29, 1.82) is 0 Å². The van der Waals surface area contributed by atoms with Crippen LogP contribution in [0.4, 0.5) is 11.4 Å². The number of ether oxygens (including phenoxy) is 1. The highest BCUT2D eigenvalue weighted by molar-refractivity contribution is 5.91. The Morgan fingerprint density at radius 1 is 0.750 bits per heavy atom. The standard InChI is InChI=1S/C30H36N4O2/c35-29(31-27-11-13-28(14-12-27)33-21-23-36-24-22-33)15-16-32-17-19-34(20-18-32)30(25-7-3-1-4-8-25)26-9-5-2-6-10-26/h1-14,30H,15-24H2,(H,31,35). The molecule has 0 spiro atoms. The quantitative estimate of drug-likeness (QED) is 0.518. The van der Waals surface area contributed by atoms with Gasteiger partial charge in [0.1, 0.15) is 0 Å². The van der Waals surface area contributed by atoms with E-state index in [-0.39, 0.29) is 11.9 Å². The fraction of sp³-hybridized carbons (Fsp3) is 0.367. The molecule has 0 aromatic heterocycles. The van der Waals surface area contributed by atoms with Crippen LogP contribution >= 0.6 is 0 Å². The smallest absolute Gasteiger partial charge is 0.225 e. The van der Waals surface area contributed by atoms with E-state index in [1.807, 2.05) is 12.1 Å². The molecule has 0 atom stereocenters. The first-order valence-corrected chi connectivity index (χ1v) is 13.1. The van der Waals surface area contributed by atoms with Crippen LogP contribution in [-0.4, -0.2) is 74.7 Å². The van der Waals surface area contributed by atoms with Gasteiger partial charge in [0.15, 0.2) is 0 Å². The van der Waals surface area contributed by atoms with Crippen molar-refractivity contribution in [2.75, 3.05) is 69.2 Å². The number of amides is 1. The van der Waals surface area contributed by atoms with Crippen LogP contribution in [0.2, 0.25) is 0 Å². The molecule has 6 heteroatoms. The van der Waals surface area contributed by atoms with Crippen molar-refractivity contribution >= 4 is 17.3 Å². The Morgan fingerprint density at radius 2 is 1.33 bits per heavy atom. The summed E-state index contributed by atoms with van der Waals surface area (Å²) < 4.78 is 5.43. The minimum absolute atomic E-state index is 0.0722. The predicted molar refractivity (Wildman–Crippen MR) is 145 cm³/mol. The van der Waals surface area contributed by atoms with Gasteiger partial charge in [-0.15, -0.1) is 0 Å². The summed E-state index contributed by atoms with van der Waals surface area (Å²) in [5, 5.41) is 3.06. The first kappa shape index (κ1) is 24.5. The molecule has 0 saturated carbocycles. The SMILES string of the molecule is O=C(CCN1CCN(C(c2ccccc2)c2ccccc2)CC1)Nc1ccc(N2CCOCC2)cc1. The number of nitrogens with one attached hydrogen (secondary N) is 1. The Labute approximate surface area is 214 Å². The molecule has 0 aliphatic carbocycles. The van der Waals surface area contributed by atoms with Crippen molar-refractivity contribution in [2.24, 2.45) is 0 Å². The van der Waals surface area contributed by atoms with E-state index in [0.717, 1.165) is 64.7 Å². The summed E-state index contributed by atoms with van der Waals surface area (Å²) in [6.45, 7) is 8.06. The Hall–Kier alpha value is -3.19. The number of morpholine rings is 1. The van der Waals surface area contributed by atoms with Gasteiger partial charge in [0.25, 0.3) is 0 Å². The van der Waals surface area contributed by atoms with Crippen LogP contribution in [0.1, 0.15) is 23.6 Å². The molecule has 188 valence electrons. The lowest BCUT2D eigenvalue weighted by Gasteiger charge is -2.39. The zero-order valence-electron chi connectivity index (χ0n) is 20.9. The van der Waals surface area contributed by atoms with E-state index in [1.165, 1.54) is 16.8 Å². The third-order valence-corrected chi connectivity index (χ3v) is 7.19. The number of hydrogen-bond donors (Lipinski definition) is 1. The van der Waals surface area contributed by atoms with E-state index >= 15 is 0 Å². The molecular formula is C30H36N4O2. The summed E-state index contributed by atoms with van der Waals surface area (Å²) >= 11 is 0. The van der Waals surface area contributed by atoms with E-state index in [1.54, 1.807) is 0 Å². The third-order valence-electron chi connectivity index (χ3n) is 7.19. The molecule has 3 aromatic carbocycles. The molecule has 2 saturated heterocycles. The van der Waals surface area contributed by atoms with E-state index in [0.29, 0.717) is 6.42 Å². The van der Waals surface area contributed by atoms with E-state index in [4.69, 9.17) is 4.74 Å². The van der Waals surface area contributed by atoms with Crippen LogP contribution in [-0.2, 0) is 9.53 Å². The summed E-state index contributed by atoms with van der Waals surface area (Å²) in [5.74, 6) is 0.0722. The molecular weight excluding hydrogens is 448 g/mol. The van der Waals surface area contributed by atoms with E-state index in [9.17, 15) is 4.79 Å². The van der Waals surface area contributed by atoms with Crippen molar-refractivity contribution in [3.8, 4) is 0 Å². The highest BCUT2D eigenvalue weighted by Gasteiger charge is 2.26. The van der Waals surface area contributed by atoms with Gasteiger partial charge in [0, 0.05) is 63.6 Å². The first-order chi connectivity index (χ1) is 17.8. The van der Waals surface area contributed by atoms with Crippen molar-refractivity contribution in [1.82, 2.24) is 9.80 Å². The minimum Gasteiger partial charge on any atom is -0.378 e. The summed E-state index contributed by atoms with van der Waals surface area (Å²) in [6, 6.07) is 29.9. The maximum Gasteiger partial charge on any atom is 0.225 e. The van der Waals surface area contributed by atoms with Crippen molar-refractivity contribution in [3.63, 3.8) is 0 Å². The predicted octanol–water partition coefficient (Wildman–Crippen LogP) is 4.26. The lowest BCUT2D eigenvalue weighted by molar-refractivity contribution is -0.116. The second-order valence-corrected chi connectivity index (χ2v) is 9.55. The van der Waals surface area contributed by atoms with Gasteiger partial charge in [0.2, 0.25) is 5.91 Å². The van der Waals surface area contributed by atoms with Crippen LogP contribution in [0.25, 0.3) is 0 Å². The number of benzene rings is 3. The topological polar surface area (TPSA) is 48.1 Å². The van der Waals surface area contributed by atoms with E-state index in [2.05, 4.69) is 92.8 Å². The minimum atomic E-state index is 0.0722. The number of carbonyl (C=O) groups excluding carboxylic acids is 1. The molecule has 5 rings (SSSR count). The lowest BCUT2D eigenvalue weighted by atomic mass is 9.96. The van der Waals surface area contributed by atoms with Gasteiger partial charge in [-0.05, 0) is 35.4 Å². The highest BCUT2D eigenvalue weighted by Crippen LogP contribution is 2.29. The molecule has 2 fully saturated rings. The van der Waals surface area contributed by atoms with Crippen molar-refractivity contribution < 1.29 is 9.53 Å². The number of rotatable bonds is 8. The molecule has 2 aliphatic rings. The monoisotopic (exact) mass is 484 g/mol. The second kappa shape index (κ2) is 12.2. The van der Waals surface area contributed by atoms with Crippen LogP contribution in [0.5, 0.6) is 0 Å². The molecule has 3 aromatic rings. The molecule has 1 N–H and O–H groups in total. The van der Waals surface area contributed by atoms with Crippen LogP contribution in [0.15, 0.2) is 84.9 Å². The largest absolute Gasteiger partial charge is 0.378 e. The maximum atomic E-state index is 12.6. The summed E-state index contributed by atoms with van der Waals surface area (Å²) in [5.41, 5.74) is 4.70. The maximum absolute atomic E-state index is 12.6. The van der Waals surface area contributed by atoms with Crippen LogP contribution < -0.4 is 10.2 Å². The average molecular weight is 485 g/mol. The second-order valence-electron chi connectivity index (χ2n) is 9.55. The summed E-state index contributed by atoms with van der Waals surface area (Å²) in [4.78, 5) is 19.9. The van der Waals surface area contributed by atoms with Gasteiger partial charge in [-0.2, -0.15) is 0 Å². The summed E-state index contributed by atoms with van der Waals surface area (Å²) in [6.07, 6.45) is 0.506. The van der Waals surface area contributed by atoms with Gasteiger partial charge < -0.3 is 19.9 Å². The van der Waals surface area contributed by atoms with Gasteiger partial charge in [-0.25, -0.2) is 0 Å². The van der Waals surface area contributed by atoms with Crippen LogP contribution in [0.3, 0.4) is 0 Å². The van der Waals surface area contributed by atoms with Crippen molar-refractivity contribution in [2.45, 2.75) is 12.5 Å². The molecule has 0 radical (unpaired) electrons. The number of piperazine rings is 1. The summed E-state index contributed by atoms with van der Waals surface area (Å²) in [7, 11) is 0. The zero-order valence-corrected chi connectivity index (χ0v) is 20.9. The third kappa shape index (κ3) is 6.32. The Kier molecular flexibility index (Phi) is 8.28. The van der Waals surface area contributed by atoms with Gasteiger partial charge in [-0.3, -0.25) is 9.69 Å². The first-order valence-electron chi connectivity index (χ1n) is 13.1. The fourth-order valence-corrected chi connectivity index (χ4v) is 5.19. The number of hydrogen-bond acceptors (Lipinski definition) is 5. The molecule has 1 amide bonds. The molecule has 36 heavy (non-hydrogen) atoms. The number of anilines is 2. The Balaban J connectivity index is 1.10.